The smallest absolute Gasteiger partial charge is 0.174 e. The summed E-state index contributed by atoms with van der Waals surface area (Å²) in [6.45, 7) is 0. The van der Waals surface area contributed by atoms with Crippen molar-refractivity contribution in [3.63, 3.8) is 0 Å². The molecular weight excluding hydrogens is 340 g/mol. The van der Waals surface area contributed by atoms with Crippen LogP contribution in [-0.2, 0) is 0 Å². The molecule has 0 aliphatic rings. The summed E-state index contributed by atoms with van der Waals surface area (Å²) in [4.78, 5) is 8.78. The summed E-state index contributed by atoms with van der Waals surface area (Å²) in [7, 11) is 0. The third kappa shape index (κ3) is 2.55. The Hall–Kier alpha value is -1.85. The standard InChI is InChI=1S/C14H10BrClN4/c15-8-5-6-10(9(16)7-8)19-14-13(17)18-11-3-1-2-4-12(11)20-14/h1-7H,(H2,17,18)(H,19,20). The van der Waals surface area contributed by atoms with Crippen molar-refractivity contribution in [1.29, 1.82) is 0 Å². The number of benzene rings is 2. The molecule has 0 saturated carbocycles. The number of rotatable bonds is 2. The van der Waals surface area contributed by atoms with E-state index in [0.29, 0.717) is 16.7 Å². The minimum atomic E-state index is 0.336. The summed E-state index contributed by atoms with van der Waals surface area (Å²) in [6.07, 6.45) is 0. The lowest BCUT2D eigenvalue weighted by Gasteiger charge is -2.10. The largest absolute Gasteiger partial charge is 0.381 e. The van der Waals surface area contributed by atoms with Gasteiger partial charge in [-0.25, -0.2) is 9.97 Å². The molecule has 2 aromatic carbocycles. The molecule has 1 heterocycles. The first-order chi connectivity index (χ1) is 9.63. The monoisotopic (exact) mass is 348 g/mol. The van der Waals surface area contributed by atoms with Crippen LogP contribution in [0.25, 0.3) is 11.0 Å². The van der Waals surface area contributed by atoms with Gasteiger partial charge in [0.2, 0.25) is 0 Å². The number of aromatic nitrogens is 2. The molecule has 100 valence electrons. The van der Waals surface area contributed by atoms with E-state index in [9.17, 15) is 0 Å². The van der Waals surface area contributed by atoms with Crippen LogP contribution in [0, 0.1) is 0 Å². The van der Waals surface area contributed by atoms with Crippen LogP contribution in [0.1, 0.15) is 0 Å². The average molecular weight is 350 g/mol. The van der Waals surface area contributed by atoms with Gasteiger partial charge in [0.25, 0.3) is 0 Å². The van der Waals surface area contributed by atoms with Crippen LogP contribution >= 0.6 is 27.5 Å². The molecule has 0 unspecified atom stereocenters. The molecule has 1 aromatic heterocycles. The highest BCUT2D eigenvalue weighted by molar-refractivity contribution is 9.10. The number of nitrogens with zero attached hydrogens (tertiary/aromatic N) is 2. The molecule has 0 bridgehead atoms. The number of nitrogens with one attached hydrogen (secondary N) is 1. The Kier molecular flexibility index (Phi) is 3.46. The van der Waals surface area contributed by atoms with Crippen molar-refractivity contribution in [3.05, 3.63) is 52.0 Å². The average Bonchev–Trinajstić information content (AvgIpc) is 2.42. The molecule has 3 N–H and O–H groups in total. The van der Waals surface area contributed by atoms with E-state index in [0.717, 1.165) is 21.2 Å². The number of halogens is 2. The van der Waals surface area contributed by atoms with E-state index in [2.05, 4.69) is 31.2 Å². The zero-order valence-electron chi connectivity index (χ0n) is 10.3. The molecule has 0 radical (unpaired) electrons. The molecule has 0 spiro atoms. The quantitative estimate of drug-likeness (QED) is 0.721. The highest BCUT2D eigenvalue weighted by Crippen LogP contribution is 2.29. The van der Waals surface area contributed by atoms with Crippen LogP contribution in [0.2, 0.25) is 5.02 Å². The Morgan fingerprint density at radius 3 is 2.45 bits per heavy atom. The molecular formula is C14H10BrClN4. The Morgan fingerprint density at radius 1 is 1.05 bits per heavy atom. The van der Waals surface area contributed by atoms with Crippen molar-refractivity contribution in [3.8, 4) is 0 Å². The zero-order chi connectivity index (χ0) is 14.1. The number of nitrogen functional groups attached to an aromatic ring is 1. The van der Waals surface area contributed by atoms with E-state index < -0.39 is 0 Å². The highest BCUT2D eigenvalue weighted by Gasteiger charge is 2.08. The maximum Gasteiger partial charge on any atom is 0.174 e. The van der Waals surface area contributed by atoms with Gasteiger partial charge < -0.3 is 11.1 Å². The van der Waals surface area contributed by atoms with E-state index in [1.165, 1.54) is 0 Å². The molecule has 0 amide bonds. The molecule has 0 atom stereocenters. The second-order valence-corrected chi connectivity index (χ2v) is 5.52. The van der Waals surface area contributed by atoms with E-state index in [1.807, 2.05) is 36.4 Å². The van der Waals surface area contributed by atoms with Crippen molar-refractivity contribution in [2.75, 3.05) is 11.1 Å². The van der Waals surface area contributed by atoms with Gasteiger partial charge in [0.1, 0.15) is 0 Å². The van der Waals surface area contributed by atoms with Gasteiger partial charge in [-0.1, -0.05) is 39.7 Å². The maximum absolute atomic E-state index is 6.17. The van der Waals surface area contributed by atoms with Crippen molar-refractivity contribution >= 4 is 55.9 Å². The Balaban J connectivity index is 2.03. The number of nitrogens with two attached hydrogens (primary N) is 1. The van der Waals surface area contributed by atoms with E-state index in [-0.39, 0.29) is 0 Å². The molecule has 0 aliphatic carbocycles. The fourth-order valence-electron chi connectivity index (χ4n) is 1.82. The second kappa shape index (κ2) is 5.26. The van der Waals surface area contributed by atoms with Crippen LogP contribution in [0.15, 0.2) is 46.9 Å². The van der Waals surface area contributed by atoms with Gasteiger partial charge in [0, 0.05) is 4.47 Å². The molecule has 3 rings (SSSR count). The lowest BCUT2D eigenvalue weighted by Crippen LogP contribution is -2.02. The SMILES string of the molecule is Nc1nc2ccccc2nc1Nc1ccc(Br)cc1Cl. The third-order valence-electron chi connectivity index (χ3n) is 2.78. The summed E-state index contributed by atoms with van der Waals surface area (Å²) >= 11 is 9.53. The molecule has 0 fully saturated rings. The van der Waals surface area contributed by atoms with Crippen molar-refractivity contribution < 1.29 is 0 Å². The van der Waals surface area contributed by atoms with Gasteiger partial charge in [-0.05, 0) is 30.3 Å². The van der Waals surface area contributed by atoms with Crippen LogP contribution < -0.4 is 11.1 Å². The van der Waals surface area contributed by atoms with Crippen molar-refractivity contribution in [2.24, 2.45) is 0 Å². The zero-order valence-corrected chi connectivity index (χ0v) is 12.6. The number of hydrogen-bond donors (Lipinski definition) is 2. The first-order valence-electron chi connectivity index (χ1n) is 5.88. The number of hydrogen-bond acceptors (Lipinski definition) is 4. The first kappa shape index (κ1) is 13.1. The van der Waals surface area contributed by atoms with Gasteiger partial charge in [-0.2, -0.15) is 0 Å². The second-order valence-electron chi connectivity index (χ2n) is 4.20. The van der Waals surface area contributed by atoms with Gasteiger partial charge >= 0.3 is 0 Å². The Labute approximate surface area is 129 Å². The van der Waals surface area contributed by atoms with Crippen LogP contribution in [0.4, 0.5) is 17.3 Å². The summed E-state index contributed by atoms with van der Waals surface area (Å²) in [5, 5.41) is 3.69. The number of anilines is 3. The van der Waals surface area contributed by atoms with Crippen molar-refractivity contribution in [2.45, 2.75) is 0 Å². The topological polar surface area (TPSA) is 63.8 Å². The molecule has 3 aromatic rings. The summed E-state index contributed by atoms with van der Waals surface area (Å²) in [6, 6.07) is 13.1. The third-order valence-corrected chi connectivity index (χ3v) is 3.59. The lowest BCUT2D eigenvalue weighted by atomic mass is 10.3. The van der Waals surface area contributed by atoms with E-state index >= 15 is 0 Å². The van der Waals surface area contributed by atoms with Gasteiger partial charge in [-0.15, -0.1) is 0 Å². The van der Waals surface area contributed by atoms with Gasteiger partial charge in [-0.3, -0.25) is 0 Å². The predicted molar refractivity (Wildman–Crippen MR) is 86.4 cm³/mol. The predicted octanol–water partition coefficient (Wildman–Crippen LogP) is 4.37. The maximum atomic E-state index is 6.17. The van der Waals surface area contributed by atoms with Crippen LogP contribution in [0.5, 0.6) is 0 Å². The molecule has 4 nitrogen and oxygen atoms in total. The number of para-hydroxylation sites is 2. The van der Waals surface area contributed by atoms with Gasteiger partial charge in [0.05, 0.1) is 21.7 Å². The number of fused-ring (bicyclic) bond motifs is 1. The van der Waals surface area contributed by atoms with E-state index in [4.69, 9.17) is 17.3 Å². The minimum absolute atomic E-state index is 0.336. The van der Waals surface area contributed by atoms with Crippen LogP contribution in [-0.4, -0.2) is 9.97 Å². The van der Waals surface area contributed by atoms with Crippen LogP contribution in [0.3, 0.4) is 0 Å². The Bertz CT molecular complexity index is 791. The normalized spacial score (nSPS) is 10.7. The highest BCUT2D eigenvalue weighted by atomic mass is 79.9. The minimum Gasteiger partial charge on any atom is -0.381 e. The van der Waals surface area contributed by atoms with Gasteiger partial charge in [0.15, 0.2) is 11.6 Å². The first-order valence-corrected chi connectivity index (χ1v) is 7.05. The molecule has 6 heteroatoms. The summed E-state index contributed by atoms with van der Waals surface area (Å²) in [5.41, 5.74) is 8.19. The van der Waals surface area contributed by atoms with Crippen molar-refractivity contribution in [1.82, 2.24) is 9.97 Å². The Morgan fingerprint density at radius 2 is 1.75 bits per heavy atom. The molecule has 20 heavy (non-hydrogen) atoms. The summed E-state index contributed by atoms with van der Waals surface area (Å²) in [5.74, 6) is 0.829. The molecule has 0 saturated heterocycles. The fourth-order valence-corrected chi connectivity index (χ4v) is 2.54. The summed E-state index contributed by atoms with van der Waals surface area (Å²) < 4.78 is 0.908. The fraction of sp³-hybridized carbons (Fsp3) is 0. The lowest BCUT2D eigenvalue weighted by molar-refractivity contribution is 1.29. The molecule has 0 aliphatic heterocycles. The van der Waals surface area contributed by atoms with E-state index in [1.54, 1.807) is 6.07 Å².